The van der Waals surface area contributed by atoms with Crippen LogP contribution >= 0.6 is 11.3 Å². The van der Waals surface area contributed by atoms with Crippen LogP contribution in [-0.4, -0.2) is 27.0 Å². The molecule has 0 bridgehead atoms. The number of aromatic nitrogens is 3. The first kappa shape index (κ1) is 19.5. The highest BCUT2D eigenvalue weighted by Crippen LogP contribution is 2.37. The molecule has 0 aliphatic carbocycles. The van der Waals surface area contributed by atoms with Crippen molar-refractivity contribution in [1.29, 1.82) is 0 Å². The van der Waals surface area contributed by atoms with Crippen LogP contribution in [0, 0.1) is 24.0 Å². The Kier molecular flexibility index (Phi) is 5.15. The van der Waals surface area contributed by atoms with Gasteiger partial charge in [0.25, 0.3) is 0 Å². The number of fused-ring (bicyclic) bond motifs is 1. The normalized spacial score (nSPS) is 10.8. The molecule has 0 aliphatic rings. The smallest absolute Gasteiger partial charge is 0.373 e. The van der Waals surface area contributed by atoms with Gasteiger partial charge in [-0.3, -0.25) is 10.1 Å². The molecule has 0 radical (unpaired) electrons. The second-order valence-corrected chi connectivity index (χ2v) is 7.57. The highest BCUT2D eigenvalue weighted by molar-refractivity contribution is 7.22. The molecule has 4 aromatic rings. The lowest BCUT2D eigenvalue weighted by Gasteiger charge is -2.09. The van der Waals surface area contributed by atoms with Crippen molar-refractivity contribution >= 4 is 38.2 Å². The van der Waals surface area contributed by atoms with Gasteiger partial charge in [0.2, 0.25) is 5.82 Å². The Balaban J connectivity index is 1.70. The quantitative estimate of drug-likeness (QED) is 0.334. The molecule has 2 aromatic carbocycles. The maximum atomic E-state index is 11.8. The van der Waals surface area contributed by atoms with Gasteiger partial charge >= 0.3 is 11.6 Å². The average Bonchev–Trinajstić information content (AvgIpc) is 3.08. The van der Waals surface area contributed by atoms with Crippen molar-refractivity contribution in [2.75, 3.05) is 12.4 Å². The molecule has 0 fully saturated rings. The van der Waals surface area contributed by atoms with Crippen molar-refractivity contribution in [3.63, 3.8) is 0 Å². The molecule has 1 N–H and O–H groups in total. The fourth-order valence-corrected chi connectivity index (χ4v) is 3.88. The van der Waals surface area contributed by atoms with Crippen molar-refractivity contribution in [1.82, 2.24) is 15.0 Å². The largest absolute Gasteiger partial charge is 0.497 e. The maximum Gasteiger partial charge on any atom is 0.373 e. The molecule has 0 saturated carbocycles. The molecule has 10 heteroatoms. The molecule has 4 rings (SSSR count). The predicted octanol–water partition coefficient (Wildman–Crippen LogP) is 5.16. The number of benzene rings is 2. The Labute approximate surface area is 175 Å². The van der Waals surface area contributed by atoms with E-state index in [-0.39, 0.29) is 17.4 Å². The number of nitrogens with one attached hydrogen (secondary N) is 1. The summed E-state index contributed by atoms with van der Waals surface area (Å²) in [6.07, 6.45) is 1.21. The van der Waals surface area contributed by atoms with Gasteiger partial charge in [-0.15, -0.1) is 0 Å². The van der Waals surface area contributed by atoms with E-state index in [9.17, 15) is 10.1 Å². The molecule has 0 spiro atoms. The third-order valence-electron chi connectivity index (χ3n) is 4.20. The summed E-state index contributed by atoms with van der Waals surface area (Å²) in [4.78, 5) is 23.7. The molecule has 0 amide bonds. The van der Waals surface area contributed by atoms with Crippen LogP contribution in [0.1, 0.15) is 11.1 Å². The van der Waals surface area contributed by atoms with Gasteiger partial charge in [-0.2, -0.15) is 4.98 Å². The standard InChI is InChI=1S/C20H17N5O4S/c1-11-6-12(2)8-14(7-11)29-19-17(25(26)27)18(21-10-22-19)24-20-23-15-5-4-13(28-3)9-16(15)30-20/h4-10H,1-3H3,(H,21,22,23,24). The topological polar surface area (TPSA) is 112 Å². The summed E-state index contributed by atoms with van der Waals surface area (Å²) in [6, 6.07) is 11.0. The van der Waals surface area contributed by atoms with E-state index >= 15 is 0 Å². The summed E-state index contributed by atoms with van der Waals surface area (Å²) in [6.45, 7) is 3.84. The van der Waals surface area contributed by atoms with E-state index in [2.05, 4.69) is 20.3 Å². The fourth-order valence-electron chi connectivity index (χ4n) is 2.98. The third-order valence-corrected chi connectivity index (χ3v) is 5.14. The van der Waals surface area contributed by atoms with Gasteiger partial charge in [-0.05, 0) is 55.3 Å². The minimum absolute atomic E-state index is 0.000367. The van der Waals surface area contributed by atoms with E-state index in [0.29, 0.717) is 16.6 Å². The van der Waals surface area contributed by atoms with E-state index in [1.807, 2.05) is 32.0 Å². The SMILES string of the molecule is COc1ccc2nc(Nc3ncnc(Oc4cc(C)cc(C)c4)c3[N+](=O)[O-])sc2c1. The molecule has 0 atom stereocenters. The fraction of sp³-hybridized carbons (Fsp3) is 0.150. The van der Waals surface area contributed by atoms with Gasteiger partial charge in [-0.1, -0.05) is 17.4 Å². The monoisotopic (exact) mass is 423 g/mol. The van der Waals surface area contributed by atoms with Crippen LogP contribution in [0.5, 0.6) is 17.4 Å². The number of hydrogen-bond donors (Lipinski definition) is 1. The molecular weight excluding hydrogens is 406 g/mol. The van der Waals surface area contributed by atoms with Gasteiger partial charge in [0, 0.05) is 0 Å². The summed E-state index contributed by atoms with van der Waals surface area (Å²) in [5.41, 5.74) is 2.33. The molecule has 0 saturated heterocycles. The van der Waals surface area contributed by atoms with Crippen molar-refractivity contribution in [2.24, 2.45) is 0 Å². The molecule has 9 nitrogen and oxygen atoms in total. The van der Waals surface area contributed by atoms with Crippen LogP contribution in [-0.2, 0) is 0 Å². The first-order valence-corrected chi connectivity index (χ1v) is 9.72. The van der Waals surface area contributed by atoms with E-state index < -0.39 is 4.92 Å². The van der Waals surface area contributed by atoms with Crippen LogP contribution in [0.15, 0.2) is 42.7 Å². The van der Waals surface area contributed by atoms with E-state index in [0.717, 1.165) is 21.3 Å². The summed E-state index contributed by atoms with van der Waals surface area (Å²) in [5.74, 6) is 1.02. The molecule has 30 heavy (non-hydrogen) atoms. The Morgan fingerprint density at radius 3 is 2.53 bits per heavy atom. The Bertz CT molecular complexity index is 1240. The molecule has 0 aliphatic heterocycles. The second kappa shape index (κ2) is 7.91. The van der Waals surface area contributed by atoms with Crippen LogP contribution in [0.2, 0.25) is 0 Å². The minimum atomic E-state index is -0.573. The lowest BCUT2D eigenvalue weighted by atomic mass is 10.1. The number of rotatable bonds is 6. The number of anilines is 2. The van der Waals surface area contributed by atoms with Crippen molar-refractivity contribution in [3.05, 3.63) is 64.0 Å². The van der Waals surface area contributed by atoms with Gasteiger partial charge in [0.15, 0.2) is 5.13 Å². The average molecular weight is 423 g/mol. The van der Waals surface area contributed by atoms with Crippen LogP contribution in [0.3, 0.4) is 0 Å². The van der Waals surface area contributed by atoms with Crippen LogP contribution < -0.4 is 14.8 Å². The summed E-state index contributed by atoms with van der Waals surface area (Å²) < 4.78 is 11.8. The summed E-state index contributed by atoms with van der Waals surface area (Å²) in [7, 11) is 1.59. The summed E-state index contributed by atoms with van der Waals surface area (Å²) in [5, 5.41) is 15.2. The zero-order valence-electron chi connectivity index (χ0n) is 16.4. The maximum absolute atomic E-state index is 11.8. The Hall–Kier alpha value is -3.79. The van der Waals surface area contributed by atoms with Crippen molar-refractivity contribution < 1.29 is 14.4 Å². The third kappa shape index (κ3) is 3.98. The number of methoxy groups -OCH3 is 1. The molecular formula is C20H17N5O4S. The highest BCUT2D eigenvalue weighted by Gasteiger charge is 2.26. The number of thiazole rings is 1. The number of ether oxygens (including phenoxy) is 2. The first-order valence-electron chi connectivity index (χ1n) is 8.90. The molecule has 0 unspecified atom stereocenters. The van der Waals surface area contributed by atoms with E-state index in [4.69, 9.17) is 9.47 Å². The number of nitrogens with zero attached hydrogens (tertiary/aromatic N) is 4. The number of hydrogen-bond acceptors (Lipinski definition) is 9. The zero-order valence-corrected chi connectivity index (χ0v) is 17.2. The molecule has 2 heterocycles. The Morgan fingerprint density at radius 2 is 1.83 bits per heavy atom. The van der Waals surface area contributed by atoms with Crippen molar-refractivity contribution in [2.45, 2.75) is 13.8 Å². The van der Waals surface area contributed by atoms with E-state index in [1.54, 1.807) is 25.3 Å². The number of aryl methyl sites for hydroxylation is 2. The minimum Gasteiger partial charge on any atom is -0.497 e. The molecule has 2 aromatic heterocycles. The van der Waals surface area contributed by atoms with Crippen LogP contribution in [0.4, 0.5) is 16.6 Å². The Morgan fingerprint density at radius 1 is 1.07 bits per heavy atom. The summed E-state index contributed by atoms with van der Waals surface area (Å²) >= 11 is 1.33. The van der Waals surface area contributed by atoms with Gasteiger partial charge in [-0.25, -0.2) is 9.97 Å². The van der Waals surface area contributed by atoms with Gasteiger partial charge in [0.1, 0.15) is 17.8 Å². The van der Waals surface area contributed by atoms with E-state index in [1.165, 1.54) is 17.7 Å². The van der Waals surface area contributed by atoms with Gasteiger partial charge in [0.05, 0.1) is 22.2 Å². The highest BCUT2D eigenvalue weighted by atomic mass is 32.1. The second-order valence-electron chi connectivity index (χ2n) is 6.54. The van der Waals surface area contributed by atoms with Crippen LogP contribution in [0.25, 0.3) is 10.2 Å². The molecule has 152 valence electrons. The lowest BCUT2D eigenvalue weighted by Crippen LogP contribution is -2.03. The number of nitro groups is 1. The zero-order chi connectivity index (χ0) is 21.3. The van der Waals surface area contributed by atoms with Crippen molar-refractivity contribution in [3.8, 4) is 17.4 Å². The predicted molar refractivity (Wildman–Crippen MR) is 114 cm³/mol. The van der Waals surface area contributed by atoms with Gasteiger partial charge < -0.3 is 14.8 Å². The lowest BCUT2D eigenvalue weighted by molar-refractivity contribution is -0.385. The first-order chi connectivity index (χ1) is 14.4.